The Bertz CT molecular complexity index is 1290. The van der Waals surface area contributed by atoms with Crippen molar-refractivity contribution >= 4 is 33.4 Å². The summed E-state index contributed by atoms with van der Waals surface area (Å²) in [7, 11) is 0. The summed E-state index contributed by atoms with van der Waals surface area (Å²) in [6.45, 7) is 0. The van der Waals surface area contributed by atoms with Crippen LogP contribution >= 0.6 is 11.3 Å². The van der Waals surface area contributed by atoms with E-state index in [1.165, 1.54) is 35.7 Å². The van der Waals surface area contributed by atoms with E-state index in [1.807, 2.05) is 0 Å². The first-order valence-corrected chi connectivity index (χ1v) is 8.92. The van der Waals surface area contributed by atoms with Crippen LogP contribution in [-0.2, 0) is 6.42 Å². The fraction of sp³-hybridized carbons (Fsp3) is 0.0556. The molecule has 0 saturated heterocycles. The van der Waals surface area contributed by atoms with E-state index in [0.717, 1.165) is 10.4 Å². The van der Waals surface area contributed by atoms with E-state index in [-0.39, 0.29) is 22.4 Å². The van der Waals surface area contributed by atoms with Gasteiger partial charge in [0.15, 0.2) is 5.13 Å². The van der Waals surface area contributed by atoms with Gasteiger partial charge in [0.05, 0.1) is 10.9 Å². The van der Waals surface area contributed by atoms with Crippen molar-refractivity contribution in [1.29, 1.82) is 0 Å². The van der Waals surface area contributed by atoms with E-state index >= 15 is 0 Å². The number of aromatic nitrogens is 4. The zero-order valence-electron chi connectivity index (χ0n) is 14.2. The molecule has 0 bridgehead atoms. The van der Waals surface area contributed by atoms with Crippen LogP contribution in [0.1, 0.15) is 20.8 Å². The Morgan fingerprint density at radius 3 is 2.68 bits per heavy atom. The quantitative estimate of drug-likeness (QED) is 0.487. The Hall–Kier alpha value is -3.66. The van der Waals surface area contributed by atoms with Crippen molar-refractivity contribution in [2.45, 2.75) is 6.42 Å². The number of benzene rings is 1. The molecular formula is C18H12FN5O3S. The summed E-state index contributed by atoms with van der Waals surface area (Å²) in [6, 6.07) is 7.51. The van der Waals surface area contributed by atoms with Gasteiger partial charge in [0, 0.05) is 23.7 Å². The maximum atomic E-state index is 13.0. The number of hydrogen-bond donors (Lipinski definition) is 3. The zero-order chi connectivity index (χ0) is 19.7. The van der Waals surface area contributed by atoms with Gasteiger partial charge in [0.2, 0.25) is 0 Å². The number of carbonyl (C=O) groups is 1. The molecular weight excluding hydrogens is 385 g/mol. The van der Waals surface area contributed by atoms with E-state index in [1.54, 1.807) is 18.3 Å². The summed E-state index contributed by atoms with van der Waals surface area (Å²) in [5, 5.41) is 3.14. The fourth-order valence-electron chi connectivity index (χ4n) is 2.59. The van der Waals surface area contributed by atoms with Gasteiger partial charge in [-0.2, -0.15) is 0 Å². The standard InChI is InChI=1S/C18H12FN5O3S/c19-11-3-1-9(2-4-11)5-12-8-21-18(28-12)24-15(25)10-6-13-14(20-7-10)22-17(27)23-16(13)26/h1-4,6-8H,5H2,(H,21,24,25)(H2,20,22,23,26,27). The number of rotatable bonds is 4. The van der Waals surface area contributed by atoms with Crippen LogP contribution in [0.5, 0.6) is 0 Å². The maximum Gasteiger partial charge on any atom is 0.327 e. The number of carbonyl (C=O) groups excluding carboxylic acids is 1. The van der Waals surface area contributed by atoms with Crippen molar-refractivity contribution in [2.75, 3.05) is 5.32 Å². The number of pyridine rings is 1. The first-order valence-electron chi connectivity index (χ1n) is 8.11. The van der Waals surface area contributed by atoms with Gasteiger partial charge in [-0.25, -0.2) is 19.2 Å². The Kier molecular flexibility index (Phi) is 4.53. The molecule has 0 aliphatic carbocycles. The normalized spacial score (nSPS) is 10.9. The second-order valence-corrected chi connectivity index (χ2v) is 7.03. The molecule has 3 heterocycles. The molecule has 0 radical (unpaired) electrons. The summed E-state index contributed by atoms with van der Waals surface area (Å²) in [5.74, 6) is -0.782. The predicted octanol–water partition coefficient (Wildman–Crippen LogP) is 2.05. The molecule has 0 spiro atoms. The molecule has 140 valence electrons. The molecule has 0 saturated carbocycles. The molecule has 0 unspecified atom stereocenters. The van der Waals surface area contributed by atoms with Crippen molar-refractivity contribution < 1.29 is 9.18 Å². The topological polar surface area (TPSA) is 121 Å². The summed E-state index contributed by atoms with van der Waals surface area (Å²) >= 11 is 1.29. The second kappa shape index (κ2) is 7.16. The summed E-state index contributed by atoms with van der Waals surface area (Å²) in [5.41, 5.74) is -0.119. The number of halogens is 1. The first kappa shape index (κ1) is 17.7. The van der Waals surface area contributed by atoms with Crippen LogP contribution in [0.2, 0.25) is 0 Å². The molecule has 1 aromatic carbocycles. The van der Waals surface area contributed by atoms with Crippen LogP contribution < -0.4 is 16.6 Å². The van der Waals surface area contributed by atoms with E-state index in [4.69, 9.17) is 0 Å². The van der Waals surface area contributed by atoms with E-state index in [0.29, 0.717) is 11.6 Å². The van der Waals surface area contributed by atoms with E-state index in [9.17, 15) is 18.8 Å². The fourth-order valence-corrected chi connectivity index (χ4v) is 3.43. The van der Waals surface area contributed by atoms with Crippen LogP contribution in [0.4, 0.5) is 9.52 Å². The number of nitrogens with zero attached hydrogens (tertiary/aromatic N) is 2. The monoisotopic (exact) mass is 397 g/mol. The zero-order valence-corrected chi connectivity index (χ0v) is 15.0. The number of amides is 1. The maximum absolute atomic E-state index is 13.0. The lowest BCUT2D eigenvalue weighted by molar-refractivity contribution is 0.102. The van der Waals surface area contributed by atoms with Gasteiger partial charge in [-0.1, -0.05) is 12.1 Å². The summed E-state index contributed by atoms with van der Waals surface area (Å²) < 4.78 is 13.0. The number of anilines is 1. The molecule has 4 rings (SSSR count). The lowest BCUT2D eigenvalue weighted by Crippen LogP contribution is -2.23. The Balaban J connectivity index is 1.51. The van der Waals surface area contributed by atoms with Crippen LogP contribution in [0.15, 0.2) is 52.3 Å². The van der Waals surface area contributed by atoms with Gasteiger partial charge in [-0.15, -0.1) is 11.3 Å². The molecule has 0 aliphatic heterocycles. The largest absolute Gasteiger partial charge is 0.327 e. The molecule has 3 aromatic heterocycles. The Morgan fingerprint density at radius 1 is 1.11 bits per heavy atom. The Labute approximate surface area is 160 Å². The van der Waals surface area contributed by atoms with Crippen LogP contribution in [0.25, 0.3) is 11.0 Å². The number of thiazole rings is 1. The molecule has 4 aromatic rings. The number of hydrogen-bond acceptors (Lipinski definition) is 6. The SMILES string of the molecule is O=C(Nc1ncc(Cc2ccc(F)cc2)s1)c1cnc2[nH]c(=O)[nH]c(=O)c2c1. The second-order valence-electron chi connectivity index (χ2n) is 5.92. The molecule has 8 nitrogen and oxygen atoms in total. The Morgan fingerprint density at radius 2 is 1.89 bits per heavy atom. The van der Waals surface area contributed by atoms with Crippen molar-refractivity contribution in [1.82, 2.24) is 19.9 Å². The van der Waals surface area contributed by atoms with E-state index in [2.05, 4.69) is 25.3 Å². The number of H-pyrrole nitrogens is 2. The minimum Gasteiger partial charge on any atom is -0.298 e. The number of nitrogens with one attached hydrogen (secondary N) is 3. The average Bonchev–Trinajstić information content (AvgIpc) is 3.10. The van der Waals surface area contributed by atoms with Crippen LogP contribution in [0.3, 0.4) is 0 Å². The lowest BCUT2D eigenvalue weighted by Gasteiger charge is -2.02. The highest BCUT2D eigenvalue weighted by atomic mass is 32.1. The van der Waals surface area contributed by atoms with Gasteiger partial charge in [0.1, 0.15) is 11.5 Å². The van der Waals surface area contributed by atoms with Gasteiger partial charge in [-0.3, -0.25) is 24.9 Å². The molecule has 0 fully saturated rings. The van der Waals surface area contributed by atoms with Gasteiger partial charge in [0.25, 0.3) is 11.5 Å². The van der Waals surface area contributed by atoms with Gasteiger partial charge < -0.3 is 0 Å². The number of aromatic amines is 2. The van der Waals surface area contributed by atoms with E-state index < -0.39 is 17.2 Å². The molecule has 28 heavy (non-hydrogen) atoms. The molecule has 1 amide bonds. The number of fused-ring (bicyclic) bond motifs is 1. The average molecular weight is 397 g/mol. The highest BCUT2D eigenvalue weighted by Gasteiger charge is 2.12. The molecule has 0 atom stereocenters. The third-order valence-corrected chi connectivity index (χ3v) is 4.83. The van der Waals surface area contributed by atoms with Crippen molar-refractivity contribution in [2.24, 2.45) is 0 Å². The summed E-state index contributed by atoms with van der Waals surface area (Å²) in [4.78, 5) is 49.0. The lowest BCUT2D eigenvalue weighted by atomic mass is 10.1. The van der Waals surface area contributed by atoms with Gasteiger partial charge in [-0.05, 0) is 23.8 Å². The van der Waals surface area contributed by atoms with Gasteiger partial charge >= 0.3 is 5.69 Å². The molecule has 3 N–H and O–H groups in total. The third kappa shape index (κ3) is 3.71. The predicted molar refractivity (Wildman–Crippen MR) is 102 cm³/mol. The highest BCUT2D eigenvalue weighted by Crippen LogP contribution is 2.22. The molecule has 10 heteroatoms. The van der Waals surface area contributed by atoms with Crippen molar-refractivity contribution in [3.05, 3.63) is 85.4 Å². The summed E-state index contributed by atoms with van der Waals surface area (Å²) in [6.07, 6.45) is 3.46. The smallest absolute Gasteiger partial charge is 0.298 e. The van der Waals surface area contributed by atoms with Crippen molar-refractivity contribution in [3.63, 3.8) is 0 Å². The minimum absolute atomic E-state index is 0.0983. The third-order valence-electron chi connectivity index (χ3n) is 3.92. The highest BCUT2D eigenvalue weighted by molar-refractivity contribution is 7.15. The van der Waals surface area contributed by atoms with Crippen LogP contribution in [0, 0.1) is 5.82 Å². The van der Waals surface area contributed by atoms with Crippen molar-refractivity contribution in [3.8, 4) is 0 Å². The minimum atomic E-state index is -0.668. The van der Waals surface area contributed by atoms with Crippen LogP contribution in [-0.4, -0.2) is 25.8 Å². The molecule has 0 aliphatic rings. The first-order chi connectivity index (χ1) is 13.5.